The van der Waals surface area contributed by atoms with Gasteiger partial charge in [0.05, 0.1) is 11.6 Å². The second-order valence-electron chi connectivity index (χ2n) is 5.38. The standard InChI is InChI=1S/C14H21ClN2OS/c1-14(10-18,17-11-5-6-11)7-3-9-19-13-12(15)4-2-8-16-13/h2,4,8,11,17-18H,3,5-7,9-10H2,1H3. The summed E-state index contributed by atoms with van der Waals surface area (Å²) in [5.74, 6) is 0.971. The van der Waals surface area contributed by atoms with E-state index in [0.29, 0.717) is 11.1 Å². The molecule has 0 aromatic carbocycles. The second-order valence-corrected chi connectivity index (χ2v) is 6.87. The molecular formula is C14H21ClN2OS. The van der Waals surface area contributed by atoms with Crippen LogP contribution in [0.15, 0.2) is 23.4 Å². The van der Waals surface area contributed by atoms with Crippen molar-refractivity contribution in [1.82, 2.24) is 10.3 Å². The van der Waals surface area contributed by atoms with Crippen molar-refractivity contribution in [2.45, 2.75) is 49.2 Å². The van der Waals surface area contributed by atoms with Gasteiger partial charge in [-0.1, -0.05) is 11.6 Å². The summed E-state index contributed by atoms with van der Waals surface area (Å²) in [6.07, 6.45) is 6.26. The lowest BCUT2D eigenvalue weighted by Gasteiger charge is -2.29. The number of nitrogens with zero attached hydrogens (tertiary/aromatic N) is 1. The first-order valence-corrected chi connectivity index (χ1v) is 8.11. The molecule has 0 aliphatic heterocycles. The van der Waals surface area contributed by atoms with Crippen LogP contribution in [0.3, 0.4) is 0 Å². The Bertz CT molecular complexity index is 414. The summed E-state index contributed by atoms with van der Waals surface area (Å²) in [6, 6.07) is 4.33. The molecule has 1 aromatic rings. The van der Waals surface area contributed by atoms with E-state index >= 15 is 0 Å². The minimum absolute atomic E-state index is 0.143. The molecular weight excluding hydrogens is 280 g/mol. The minimum Gasteiger partial charge on any atom is -0.394 e. The topological polar surface area (TPSA) is 45.2 Å². The maximum absolute atomic E-state index is 9.52. The molecule has 1 fully saturated rings. The Labute approximate surface area is 124 Å². The molecule has 5 heteroatoms. The molecule has 0 bridgehead atoms. The van der Waals surface area contributed by atoms with Gasteiger partial charge >= 0.3 is 0 Å². The van der Waals surface area contributed by atoms with Crippen molar-refractivity contribution < 1.29 is 5.11 Å². The predicted octanol–water partition coefficient (Wildman–Crippen LogP) is 3.11. The van der Waals surface area contributed by atoms with Crippen LogP contribution >= 0.6 is 23.4 Å². The van der Waals surface area contributed by atoms with E-state index in [1.807, 2.05) is 12.1 Å². The van der Waals surface area contributed by atoms with Gasteiger partial charge in [0.1, 0.15) is 5.03 Å². The van der Waals surface area contributed by atoms with Crippen LogP contribution in [-0.4, -0.2) is 34.0 Å². The zero-order chi connectivity index (χ0) is 13.7. The molecule has 0 saturated heterocycles. The normalized spacial score (nSPS) is 18.3. The Hall–Kier alpha value is -0.290. The Kier molecular flexibility index (Phi) is 5.51. The molecule has 0 amide bonds. The summed E-state index contributed by atoms with van der Waals surface area (Å²) >= 11 is 7.74. The van der Waals surface area contributed by atoms with E-state index in [1.54, 1.807) is 18.0 Å². The summed E-state index contributed by atoms with van der Waals surface area (Å²) in [5.41, 5.74) is -0.143. The lowest BCUT2D eigenvalue weighted by molar-refractivity contribution is 0.163. The smallest absolute Gasteiger partial charge is 0.115 e. The van der Waals surface area contributed by atoms with E-state index in [0.717, 1.165) is 23.6 Å². The van der Waals surface area contributed by atoms with Gasteiger partial charge in [-0.25, -0.2) is 4.98 Å². The third-order valence-corrected chi connectivity index (χ3v) is 4.82. The monoisotopic (exact) mass is 300 g/mol. The van der Waals surface area contributed by atoms with Crippen LogP contribution < -0.4 is 5.32 Å². The molecule has 106 valence electrons. The molecule has 0 spiro atoms. The number of hydrogen-bond donors (Lipinski definition) is 2. The van der Waals surface area contributed by atoms with Gasteiger partial charge in [0, 0.05) is 17.8 Å². The number of halogens is 1. The zero-order valence-electron chi connectivity index (χ0n) is 11.2. The predicted molar refractivity (Wildman–Crippen MR) is 80.9 cm³/mol. The van der Waals surface area contributed by atoms with Crippen molar-refractivity contribution in [2.75, 3.05) is 12.4 Å². The van der Waals surface area contributed by atoms with E-state index in [1.165, 1.54) is 12.8 Å². The number of pyridine rings is 1. The van der Waals surface area contributed by atoms with Crippen LogP contribution in [-0.2, 0) is 0 Å². The molecule has 19 heavy (non-hydrogen) atoms. The Morgan fingerprint density at radius 1 is 1.58 bits per heavy atom. The third-order valence-electron chi connectivity index (χ3n) is 3.32. The molecule has 3 nitrogen and oxygen atoms in total. The van der Waals surface area contributed by atoms with Crippen molar-refractivity contribution >= 4 is 23.4 Å². The van der Waals surface area contributed by atoms with Gasteiger partial charge in [-0.2, -0.15) is 0 Å². The van der Waals surface area contributed by atoms with E-state index in [9.17, 15) is 5.11 Å². The summed E-state index contributed by atoms with van der Waals surface area (Å²) in [6.45, 7) is 2.29. The largest absolute Gasteiger partial charge is 0.394 e. The summed E-state index contributed by atoms with van der Waals surface area (Å²) in [4.78, 5) is 4.26. The zero-order valence-corrected chi connectivity index (χ0v) is 12.8. The molecule has 0 radical (unpaired) electrons. The molecule has 2 rings (SSSR count). The quantitative estimate of drug-likeness (QED) is 0.572. The fourth-order valence-electron chi connectivity index (χ4n) is 2.03. The van der Waals surface area contributed by atoms with Gasteiger partial charge in [-0.15, -0.1) is 11.8 Å². The molecule has 1 aromatic heterocycles. The Balaban J connectivity index is 1.72. The van der Waals surface area contributed by atoms with E-state index in [4.69, 9.17) is 11.6 Å². The SMILES string of the molecule is CC(CO)(CCCSc1ncccc1Cl)NC1CC1. The van der Waals surface area contributed by atoms with Crippen LogP contribution in [0.1, 0.15) is 32.6 Å². The average Bonchev–Trinajstić information content (AvgIpc) is 3.20. The number of thioether (sulfide) groups is 1. The van der Waals surface area contributed by atoms with Gasteiger partial charge in [0.2, 0.25) is 0 Å². The Morgan fingerprint density at radius 3 is 3.00 bits per heavy atom. The second kappa shape index (κ2) is 6.93. The maximum Gasteiger partial charge on any atom is 0.115 e. The highest BCUT2D eigenvalue weighted by molar-refractivity contribution is 7.99. The van der Waals surface area contributed by atoms with Crippen molar-refractivity contribution in [3.8, 4) is 0 Å². The number of aromatic nitrogens is 1. The van der Waals surface area contributed by atoms with E-state index in [2.05, 4.69) is 17.2 Å². The Morgan fingerprint density at radius 2 is 2.37 bits per heavy atom. The van der Waals surface area contributed by atoms with Gasteiger partial charge in [0.15, 0.2) is 0 Å². The minimum atomic E-state index is -0.143. The van der Waals surface area contributed by atoms with Crippen LogP contribution in [0.25, 0.3) is 0 Å². The molecule has 1 heterocycles. The highest BCUT2D eigenvalue weighted by Gasteiger charge is 2.31. The molecule has 2 N–H and O–H groups in total. The molecule has 1 aliphatic rings. The summed E-state index contributed by atoms with van der Waals surface area (Å²) in [5, 5.41) is 14.7. The fourth-order valence-corrected chi connectivity index (χ4v) is 3.13. The number of aliphatic hydroxyl groups excluding tert-OH is 1. The first-order valence-electron chi connectivity index (χ1n) is 6.75. The number of aliphatic hydroxyl groups is 1. The van der Waals surface area contributed by atoms with Crippen molar-refractivity contribution in [2.24, 2.45) is 0 Å². The van der Waals surface area contributed by atoms with Crippen molar-refractivity contribution in [3.63, 3.8) is 0 Å². The van der Waals surface area contributed by atoms with E-state index in [-0.39, 0.29) is 12.1 Å². The number of hydrogen-bond acceptors (Lipinski definition) is 4. The highest BCUT2D eigenvalue weighted by atomic mass is 35.5. The molecule has 1 atom stereocenters. The first kappa shape index (κ1) is 15.1. The lowest BCUT2D eigenvalue weighted by Crippen LogP contribution is -2.46. The van der Waals surface area contributed by atoms with Crippen molar-refractivity contribution in [1.29, 1.82) is 0 Å². The van der Waals surface area contributed by atoms with Crippen molar-refractivity contribution in [3.05, 3.63) is 23.4 Å². The van der Waals surface area contributed by atoms with Gasteiger partial charge in [-0.05, 0) is 50.5 Å². The lowest BCUT2D eigenvalue weighted by atomic mass is 9.97. The van der Waals surface area contributed by atoms with Crippen LogP contribution in [0, 0.1) is 0 Å². The highest BCUT2D eigenvalue weighted by Crippen LogP contribution is 2.27. The van der Waals surface area contributed by atoms with E-state index < -0.39 is 0 Å². The average molecular weight is 301 g/mol. The fraction of sp³-hybridized carbons (Fsp3) is 0.643. The molecule has 1 unspecified atom stereocenters. The molecule has 1 saturated carbocycles. The first-order chi connectivity index (χ1) is 9.13. The van der Waals surface area contributed by atoms with Crippen LogP contribution in [0.2, 0.25) is 5.02 Å². The van der Waals surface area contributed by atoms with Gasteiger partial charge < -0.3 is 10.4 Å². The van der Waals surface area contributed by atoms with Gasteiger partial charge in [-0.3, -0.25) is 0 Å². The molecule has 1 aliphatic carbocycles. The van der Waals surface area contributed by atoms with Gasteiger partial charge in [0.25, 0.3) is 0 Å². The van der Waals surface area contributed by atoms with Crippen LogP contribution in [0.5, 0.6) is 0 Å². The third kappa shape index (κ3) is 4.95. The number of nitrogens with one attached hydrogen (secondary N) is 1. The summed E-state index contributed by atoms with van der Waals surface area (Å²) in [7, 11) is 0. The summed E-state index contributed by atoms with van der Waals surface area (Å²) < 4.78 is 0. The maximum atomic E-state index is 9.52. The van der Waals surface area contributed by atoms with Crippen LogP contribution in [0.4, 0.5) is 0 Å². The number of rotatable bonds is 8.